The number of halogens is 1. The molecule has 0 nitrogen and oxygen atoms in total. The maximum absolute atomic E-state index is 8.18. The molecule has 0 N–H and O–H groups in total. The van der Waals surface area contributed by atoms with Crippen LogP contribution in [0.4, 0.5) is 0 Å². The number of aryl methyl sites for hydroxylation is 4. The van der Waals surface area contributed by atoms with Gasteiger partial charge in [0.1, 0.15) is 0 Å². The summed E-state index contributed by atoms with van der Waals surface area (Å²) in [6.45, 7) is 8.82. The summed E-state index contributed by atoms with van der Waals surface area (Å²) in [6, 6.07) is 42.3. The fourth-order valence-electron chi connectivity index (χ4n) is 5.46. The Bertz CT molecular complexity index is 1460. The molecule has 0 aliphatic carbocycles. The topological polar surface area (TPSA) is 0 Å². The molecule has 0 amide bonds. The largest absolute Gasteiger partial charge is 0.248 e. The van der Waals surface area contributed by atoms with Crippen LogP contribution in [0.25, 0.3) is 22.3 Å². The highest BCUT2D eigenvalue weighted by atomic mass is 35.6. The molecular weight excluding hydrogens is 496 g/mol. The van der Waals surface area contributed by atoms with Crippen LogP contribution in [-0.4, -0.2) is 7.38 Å². The minimum Gasteiger partial charge on any atom is -0.149 e. The highest BCUT2D eigenvalue weighted by Crippen LogP contribution is 2.28. The van der Waals surface area contributed by atoms with Crippen LogP contribution >= 0.6 is 11.1 Å². The molecule has 0 saturated heterocycles. The van der Waals surface area contributed by atoms with E-state index in [0.717, 1.165) is 12.8 Å². The van der Waals surface area contributed by atoms with Crippen molar-refractivity contribution in [1.29, 1.82) is 0 Å². The van der Waals surface area contributed by atoms with Crippen LogP contribution in [0.2, 0.25) is 0 Å². The standard InChI is InChI=1S/C36H35ClSi/c1-5-28-20-29(6-2)22-35(21-28)38(37,34-18-26(3)17-27(4)19-34)36-24-32(30-13-9-7-10-14-30)23-33(25-36)31-15-11-8-12-16-31/h7-25H,5-6H2,1-4H3. The van der Waals surface area contributed by atoms with Gasteiger partial charge >= 0.3 is 0 Å². The highest BCUT2D eigenvalue weighted by Gasteiger charge is 2.39. The quantitative estimate of drug-likeness (QED) is 0.114. The number of benzene rings is 5. The van der Waals surface area contributed by atoms with Gasteiger partial charge in [0.05, 0.1) is 0 Å². The summed E-state index contributed by atoms with van der Waals surface area (Å²) in [6.07, 6.45) is 1.99. The zero-order chi connectivity index (χ0) is 26.7. The Morgan fingerprint density at radius 3 is 1.34 bits per heavy atom. The van der Waals surface area contributed by atoms with E-state index in [1.54, 1.807) is 0 Å². The lowest BCUT2D eigenvalue weighted by Crippen LogP contribution is -2.63. The Balaban J connectivity index is 1.86. The summed E-state index contributed by atoms with van der Waals surface area (Å²) in [5, 5.41) is 3.74. The van der Waals surface area contributed by atoms with Gasteiger partial charge in [0.25, 0.3) is 0 Å². The van der Waals surface area contributed by atoms with E-state index in [4.69, 9.17) is 11.1 Å². The third-order valence-electron chi connectivity index (χ3n) is 7.43. The molecule has 0 fully saturated rings. The van der Waals surface area contributed by atoms with E-state index in [2.05, 4.69) is 143 Å². The van der Waals surface area contributed by atoms with Crippen LogP contribution in [0, 0.1) is 13.8 Å². The van der Waals surface area contributed by atoms with E-state index in [1.807, 2.05) is 0 Å². The van der Waals surface area contributed by atoms with Gasteiger partial charge in [0, 0.05) is 0 Å². The second-order valence-corrected chi connectivity index (χ2v) is 15.1. The molecule has 190 valence electrons. The zero-order valence-electron chi connectivity index (χ0n) is 22.8. The predicted molar refractivity (Wildman–Crippen MR) is 169 cm³/mol. The van der Waals surface area contributed by atoms with Gasteiger partial charge in [-0.3, -0.25) is 0 Å². The van der Waals surface area contributed by atoms with Crippen LogP contribution in [-0.2, 0) is 12.8 Å². The lowest BCUT2D eigenvalue weighted by molar-refractivity contribution is 1.09. The van der Waals surface area contributed by atoms with Crippen molar-refractivity contribution in [3.8, 4) is 22.3 Å². The average Bonchev–Trinajstić information content (AvgIpc) is 2.96. The van der Waals surface area contributed by atoms with Crippen LogP contribution in [0.5, 0.6) is 0 Å². The average molecular weight is 531 g/mol. The number of rotatable bonds is 7. The van der Waals surface area contributed by atoms with Crippen molar-refractivity contribution < 1.29 is 0 Å². The van der Waals surface area contributed by atoms with Crippen molar-refractivity contribution in [2.24, 2.45) is 0 Å². The SMILES string of the molecule is CCc1cc(CC)cc([Si](Cl)(c2cc(C)cc(C)c2)c2cc(-c3ccccc3)cc(-c3ccccc3)c2)c1. The van der Waals surface area contributed by atoms with Crippen LogP contribution in [0.15, 0.2) is 115 Å². The fraction of sp³-hybridized carbons (Fsp3) is 0.167. The molecule has 1 atom stereocenters. The maximum Gasteiger partial charge on any atom is 0.248 e. The molecule has 0 aliphatic rings. The van der Waals surface area contributed by atoms with E-state index in [1.165, 1.54) is 60.1 Å². The lowest BCUT2D eigenvalue weighted by atomic mass is 9.99. The Labute approximate surface area is 233 Å². The molecule has 0 radical (unpaired) electrons. The minimum atomic E-state index is -2.89. The molecule has 2 heteroatoms. The highest BCUT2D eigenvalue weighted by molar-refractivity contribution is 7.40. The minimum absolute atomic E-state index is 0.994. The maximum atomic E-state index is 8.18. The Morgan fingerprint density at radius 2 is 0.895 bits per heavy atom. The van der Waals surface area contributed by atoms with Gasteiger partial charge in [0.2, 0.25) is 7.38 Å². The monoisotopic (exact) mass is 530 g/mol. The summed E-state index contributed by atoms with van der Waals surface area (Å²) in [7, 11) is -2.89. The van der Waals surface area contributed by atoms with Gasteiger partial charge in [-0.05, 0) is 81.7 Å². The van der Waals surface area contributed by atoms with Crippen LogP contribution < -0.4 is 15.6 Å². The van der Waals surface area contributed by atoms with Crippen molar-refractivity contribution in [3.05, 3.63) is 138 Å². The molecular formula is C36H35ClSi. The van der Waals surface area contributed by atoms with Crippen molar-refractivity contribution in [2.45, 2.75) is 40.5 Å². The molecule has 0 spiro atoms. The summed E-state index contributed by atoms with van der Waals surface area (Å²) in [5.41, 5.74) is 10.0. The summed E-state index contributed by atoms with van der Waals surface area (Å²) in [4.78, 5) is 0. The predicted octanol–water partition coefficient (Wildman–Crippen LogP) is 7.97. The molecule has 1 unspecified atom stereocenters. The summed E-state index contributed by atoms with van der Waals surface area (Å²) < 4.78 is 0. The molecule has 0 heterocycles. The van der Waals surface area contributed by atoms with E-state index in [0.29, 0.717) is 0 Å². The first-order valence-electron chi connectivity index (χ1n) is 13.6. The van der Waals surface area contributed by atoms with Crippen LogP contribution in [0.1, 0.15) is 36.1 Å². The van der Waals surface area contributed by atoms with Crippen molar-refractivity contribution in [2.75, 3.05) is 0 Å². The van der Waals surface area contributed by atoms with Crippen molar-refractivity contribution >= 4 is 34.0 Å². The van der Waals surface area contributed by atoms with Gasteiger partial charge in [-0.1, -0.05) is 134 Å². The molecule has 0 bridgehead atoms. The van der Waals surface area contributed by atoms with Gasteiger partial charge in [-0.15, -0.1) is 11.1 Å². The Morgan fingerprint density at radius 1 is 0.474 bits per heavy atom. The fourth-order valence-corrected chi connectivity index (χ4v) is 9.78. The molecule has 0 aliphatic heterocycles. The van der Waals surface area contributed by atoms with Gasteiger partial charge in [0.15, 0.2) is 0 Å². The molecule has 38 heavy (non-hydrogen) atoms. The zero-order valence-corrected chi connectivity index (χ0v) is 24.5. The smallest absolute Gasteiger partial charge is 0.149 e. The number of hydrogen-bond donors (Lipinski definition) is 0. The van der Waals surface area contributed by atoms with Crippen molar-refractivity contribution in [1.82, 2.24) is 0 Å². The van der Waals surface area contributed by atoms with Gasteiger partial charge in [-0.25, -0.2) is 0 Å². The third kappa shape index (κ3) is 5.27. The Hall–Kier alpha value is -3.39. The first kappa shape index (κ1) is 26.2. The van der Waals surface area contributed by atoms with E-state index in [9.17, 15) is 0 Å². The van der Waals surface area contributed by atoms with E-state index in [-0.39, 0.29) is 0 Å². The molecule has 5 rings (SSSR count). The van der Waals surface area contributed by atoms with Gasteiger partial charge in [-0.2, -0.15) is 0 Å². The van der Waals surface area contributed by atoms with Gasteiger partial charge < -0.3 is 0 Å². The summed E-state index contributed by atoms with van der Waals surface area (Å²) in [5.74, 6) is 0. The molecule has 5 aromatic rings. The third-order valence-corrected chi connectivity index (χ3v) is 12.6. The van der Waals surface area contributed by atoms with E-state index >= 15 is 0 Å². The second kappa shape index (κ2) is 11.2. The number of hydrogen-bond acceptors (Lipinski definition) is 0. The lowest BCUT2D eigenvalue weighted by Gasteiger charge is -2.29. The molecule has 0 saturated carbocycles. The first-order valence-corrected chi connectivity index (χ1v) is 16.6. The normalized spacial score (nSPS) is 12.8. The molecule has 0 aromatic heterocycles. The van der Waals surface area contributed by atoms with E-state index < -0.39 is 7.38 Å². The second-order valence-electron chi connectivity index (χ2n) is 10.3. The molecule has 5 aromatic carbocycles. The summed E-state index contributed by atoms with van der Waals surface area (Å²) >= 11 is 8.18. The van der Waals surface area contributed by atoms with Crippen molar-refractivity contribution in [3.63, 3.8) is 0 Å². The first-order chi connectivity index (χ1) is 18.4. The Kier molecular flexibility index (Phi) is 7.70. The van der Waals surface area contributed by atoms with Crippen LogP contribution in [0.3, 0.4) is 0 Å².